The molecule has 4 heteroatoms. The molecule has 0 aliphatic carbocycles. The van der Waals surface area contributed by atoms with Gasteiger partial charge in [0.25, 0.3) is 0 Å². The summed E-state index contributed by atoms with van der Waals surface area (Å²) in [5, 5.41) is 0. The van der Waals surface area contributed by atoms with E-state index < -0.39 is 9.84 Å². The van der Waals surface area contributed by atoms with Gasteiger partial charge in [0.15, 0.2) is 9.84 Å². The van der Waals surface area contributed by atoms with Gasteiger partial charge in [-0.2, -0.15) is 0 Å². The van der Waals surface area contributed by atoms with E-state index in [-0.39, 0.29) is 5.41 Å². The summed E-state index contributed by atoms with van der Waals surface area (Å²) in [6.07, 6.45) is 1.21. The first-order chi connectivity index (χ1) is 6.77. The first-order valence-electron chi connectivity index (χ1n) is 4.78. The minimum absolute atomic E-state index is 0.194. The van der Waals surface area contributed by atoms with E-state index in [9.17, 15) is 8.42 Å². The van der Waals surface area contributed by atoms with Crippen molar-refractivity contribution < 1.29 is 8.42 Å². The molecule has 0 unspecified atom stereocenters. The van der Waals surface area contributed by atoms with Crippen LogP contribution >= 0.6 is 0 Å². The number of hydrogen-bond donors (Lipinski definition) is 1. The molecule has 0 aliphatic heterocycles. The van der Waals surface area contributed by atoms with Crippen LogP contribution < -0.4 is 5.73 Å². The Morgan fingerprint density at radius 2 is 1.93 bits per heavy atom. The predicted molar refractivity (Wildman–Crippen MR) is 61.6 cm³/mol. The van der Waals surface area contributed by atoms with Crippen molar-refractivity contribution in [1.29, 1.82) is 0 Å². The molecule has 0 amide bonds. The molecule has 1 aromatic carbocycles. The first kappa shape index (κ1) is 12.2. The van der Waals surface area contributed by atoms with Gasteiger partial charge in [-0.05, 0) is 17.7 Å². The van der Waals surface area contributed by atoms with Crippen molar-refractivity contribution in [2.75, 3.05) is 12.8 Å². The lowest BCUT2D eigenvalue weighted by atomic mass is 9.85. The fourth-order valence-corrected chi connectivity index (χ4v) is 1.93. The summed E-state index contributed by atoms with van der Waals surface area (Å²) < 4.78 is 22.7. The van der Waals surface area contributed by atoms with Crippen LogP contribution in [0.3, 0.4) is 0 Å². The van der Waals surface area contributed by atoms with Gasteiger partial charge in [-0.3, -0.25) is 0 Å². The number of sulfone groups is 1. The zero-order valence-electron chi connectivity index (χ0n) is 9.32. The van der Waals surface area contributed by atoms with Gasteiger partial charge >= 0.3 is 0 Å². The van der Waals surface area contributed by atoms with Crippen molar-refractivity contribution in [1.82, 2.24) is 0 Å². The highest BCUT2D eigenvalue weighted by Crippen LogP contribution is 2.23. The van der Waals surface area contributed by atoms with E-state index in [1.807, 2.05) is 19.9 Å². The molecule has 0 heterocycles. The molecule has 0 spiro atoms. The molecule has 0 radical (unpaired) electrons. The second kappa shape index (κ2) is 3.94. The fourth-order valence-electron chi connectivity index (χ4n) is 1.27. The summed E-state index contributed by atoms with van der Waals surface area (Å²) in [4.78, 5) is 0.349. The average Bonchev–Trinajstić information content (AvgIpc) is 2.17. The molecule has 0 aromatic heterocycles. The summed E-state index contributed by atoms with van der Waals surface area (Å²) >= 11 is 0. The Balaban J connectivity index is 3.26. The van der Waals surface area contributed by atoms with E-state index in [4.69, 9.17) is 5.73 Å². The smallest absolute Gasteiger partial charge is 0.175 e. The maximum atomic E-state index is 11.4. The van der Waals surface area contributed by atoms with E-state index in [0.717, 1.165) is 5.56 Å². The third-order valence-electron chi connectivity index (χ3n) is 2.55. The molecule has 1 rings (SSSR count). The minimum atomic E-state index is -3.13. The maximum absolute atomic E-state index is 11.4. The Labute approximate surface area is 91.2 Å². The molecule has 0 atom stereocenters. The molecule has 0 saturated carbocycles. The largest absolute Gasteiger partial charge is 0.330 e. The van der Waals surface area contributed by atoms with Gasteiger partial charge in [-0.1, -0.05) is 26.0 Å². The Morgan fingerprint density at radius 3 is 2.40 bits per heavy atom. The van der Waals surface area contributed by atoms with Crippen molar-refractivity contribution in [3.63, 3.8) is 0 Å². The van der Waals surface area contributed by atoms with Crippen LogP contribution in [0, 0.1) is 0 Å². The highest BCUT2D eigenvalue weighted by atomic mass is 32.2. The van der Waals surface area contributed by atoms with Crippen molar-refractivity contribution in [2.45, 2.75) is 24.2 Å². The van der Waals surface area contributed by atoms with Crippen molar-refractivity contribution >= 4 is 9.84 Å². The van der Waals surface area contributed by atoms with Gasteiger partial charge in [-0.25, -0.2) is 8.42 Å². The lowest BCUT2D eigenvalue weighted by molar-refractivity contribution is 0.537. The van der Waals surface area contributed by atoms with E-state index in [1.165, 1.54) is 6.26 Å². The van der Waals surface area contributed by atoms with Crippen LogP contribution in [0.4, 0.5) is 0 Å². The number of hydrogen-bond acceptors (Lipinski definition) is 3. The molecule has 2 N–H and O–H groups in total. The third-order valence-corrected chi connectivity index (χ3v) is 3.66. The van der Waals surface area contributed by atoms with Crippen molar-refractivity contribution in [2.24, 2.45) is 5.73 Å². The zero-order chi connectivity index (χ0) is 11.7. The molecular weight excluding hydrogens is 210 g/mol. The fraction of sp³-hybridized carbons (Fsp3) is 0.455. The second-order valence-electron chi connectivity index (χ2n) is 4.39. The van der Waals surface area contributed by atoms with Gasteiger partial charge in [0, 0.05) is 18.2 Å². The lowest BCUT2D eigenvalue weighted by Gasteiger charge is -2.23. The van der Waals surface area contributed by atoms with E-state index >= 15 is 0 Å². The highest BCUT2D eigenvalue weighted by molar-refractivity contribution is 7.90. The number of benzene rings is 1. The Hall–Kier alpha value is -0.870. The second-order valence-corrected chi connectivity index (χ2v) is 6.40. The topological polar surface area (TPSA) is 60.2 Å². The van der Waals surface area contributed by atoms with E-state index in [2.05, 4.69) is 0 Å². The van der Waals surface area contributed by atoms with Gasteiger partial charge in [0.05, 0.1) is 4.90 Å². The molecule has 0 saturated heterocycles. The minimum Gasteiger partial charge on any atom is -0.330 e. The lowest BCUT2D eigenvalue weighted by Crippen LogP contribution is -2.28. The maximum Gasteiger partial charge on any atom is 0.175 e. The molecular formula is C11H17NO2S. The van der Waals surface area contributed by atoms with Crippen LogP contribution in [0.2, 0.25) is 0 Å². The summed E-state index contributed by atoms with van der Waals surface area (Å²) in [6, 6.07) is 6.96. The van der Waals surface area contributed by atoms with Crippen LogP contribution in [0.1, 0.15) is 19.4 Å². The Bertz CT molecular complexity index is 449. The molecule has 0 bridgehead atoms. The van der Waals surface area contributed by atoms with Crippen LogP contribution in [0.25, 0.3) is 0 Å². The molecule has 0 fully saturated rings. The van der Waals surface area contributed by atoms with Crippen LogP contribution in [0.15, 0.2) is 29.2 Å². The summed E-state index contributed by atoms with van der Waals surface area (Å²) in [7, 11) is -3.13. The molecule has 84 valence electrons. The van der Waals surface area contributed by atoms with Gasteiger partial charge < -0.3 is 5.73 Å². The molecule has 3 nitrogen and oxygen atoms in total. The van der Waals surface area contributed by atoms with Crippen LogP contribution in [-0.4, -0.2) is 21.2 Å². The van der Waals surface area contributed by atoms with Crippen LogP contribution in [0.5, 0.6) is 0 Å². The average molecular weight is 227 g/mol. The van der Waals surface area contributed by atoms with E-state index in [1.54, 1.807) is 18.2 Å². The molecule has 15 heavy (non-hydrogen) atoms. The zero-order valence-corrected chi connectivity index (χ0v) is 10.1. The van der Waals surface area contributed by atoms with Gasteiger partial charge in [0.1, 0.15) is 0 Å². The normalized spacial score (nSPS) is 12.8. The molecule has 0 aliphatic rings. The SMILES string of the molecule is CC(C)(CN)c1cccc(S(C)(=O)=O)c1. The third kappa shape index (κ3) is 2.79. The Kier molecular flexibility index (Phi) is 3.21. The summed E-state index contributed by atoms with van der Waals surface area (Å²) in [6.45, 7) is 4.48. The standard InChI is InChI=1S/C11H17NO2S/c1-11(2,8-12)9-5-4-6-10(7-9)15(3,13)14/h4-7H,8,12H2,1-3H3. The molecule has 1 aromatic rings. The summed E-state index contributed by atoms with van der Waals surface area (Å²) in [5.74, 6) is 0. The predicted octanol–water partition coefficient (Wildman–Crippen LogP) is 1.33. The van der Waals surface area contributed by atoms with Crippen molar-refractivity contribution in [3.8, 4) is 0 Å². The number of nitrogens with two attached hydrogens (primary N) is 1. The van der Waals surface area contributed by atoms with Gasteiger partial charge in [0.2, 0.25) is 0 Å². The van der Waals surface area contributed by atoms with Crippen molar-refractivity contribution in [3.05, 3.63) is 29.8 Å². The highest BCUT2D eigenvalue weighted by Gasteiger charge is 2.19. The van der Waals surface area contributed by atoms with Crippen LogP contribution in [-0.2, 0) is 15.3 Å². The summed E-state index contributed by atoms with van der Waals surface area (Å²) in [5.41, 5.74) is 6.41. The monoisotopic (exact) mass is 227 g/mol. The first-order valence-corrected chi connectivity index (χ1v) is 6.67. The van der Waals surface area contributed by atoms with Gasteiger partial charge in [-0.15, -0.1) is 0 Å². The number of rotatable bonds is 3. The quantitative estimate of drug-likeness (QED) is 0.847. The van der Waals surface area contributed by atoms with E-state index in [0.29, 0.717) is 11.4 Å². The Morgan fingerprint density at radius 1 is 1.33 bits per heavy atom.